The molecule has 1 fully saturated rings. The minimum absolute atomic E-state index is 0.0582. The van der Waals surface area contributed by atoms with Crippen LogP contribution >= 0.6 is 11.8 Å². The molecule has 1 aliphatic rings. The van der Waals surface area contributed by atoms with Crippen molar-refractivity contribution in [1.82, 2.24) is 25.4 Å². The Bertz CT molecular complexity index is 919. The van der Waals surface area contributed by atoms with Gasteiger partial charge in [0.1, 0.15) is 5.76 Å². The third-order valence-electron chi connectivity index (χ3n) is 3.94. The number of aryl methyl sites for hydroxylation is 1. The Balaban J connectivity index is 1.41. The molecule has 1 aliphatic carbocycles. The second kappa shape index (κ2) is 7.28. The Morgan fingerprint density at radius 2 is 2.23 bits per heavy atom. The van der Waals surface area contributed by atoms with E-state index in [1.54, 1.807) is 10.7 Å². The van der Waals surface area contributed by atoms with Crippen LogP contribution in [0.15, 0.2) is 39.8 Å². The number of hydrogen-bond donors (Lipinski definition) is 0. The van der Waals surface area contributed by atoms with Crippen LogP contribution in [0.25, 0.3) is 0 Å². The summed E-state index contributed by atoms with van der Waals surface area (Å²) < 4.78 is 12.4. The number of esters is 1. The van der Waals surface area contributed by atoms with Gasteiger partial charge in [-0.25, -0.2) is 9.48 Å². The van der Waals surface area contributed by atoms with Gasteiger partial charge in [0, 0.05) is 11.0 Å². The minimum atomic E-state index is -0.396. The fourth-order valence-electron chi connectivity index (χ4n) is 2.51. The number of carbonyl (C=O) groups is 1. The summed E-state index contributed by atoms with van der Waals surface area (Å²) in [5, 5.41) is 15.4. The fourth-order valence-corrected chi connectivity index (χ4v) is 3.43. The van der Waals surface area contributed by atoms with E-state index in [0.29, 0.717) is 23.2 Å². The second-order valence-electron chi connectivity index (χ2n) is 6.07. The van der Waals surface area contributed by atoms with Crippen LogP contribution in [0.3, 0.4) is 0 Å². The highest BCUT2D eigenvalue weighted by Crippen LogP contribution is 2.34. The minimum Gasteiger partial charge on any atom is -0.454 e. The molecule has 9 heteroatoms. The van der Waals surface area contributed by atoms with Crippen molar-refractivity contribution in [3.05, 3.63) is 53.2 Å². The van der Waals surface area contributed by atoms with E-state index in [2.05, 4.69) is 20.7 Å². The molecule has 26 heavy (non-hydrogen) atoms. The quantitative estimate of drug-likeness (QED) is 0.462. The Labute approximate surface area is 153 Å². The molecular formula is C17H17N5O3S. The monoisotopic (exact) mass is 371 g/mol. The van der Waals surface area contributed by atoms with Crippen LogP contribution in [0.2, 0.25) is 0 Å². The predicted octanol–water partition coefficient (Wildman–Crippen LogP) is 2.95. The summed E-state index contributed by atoms with van der Waals surface area (Å²) >= 11 is 1.50. The molecule has 3 aromatic rings. The molecule has 0 bridgehead atoms. The van der Waals surface area contributed by atoms with E-state index in [4.69, 9.17) is 9.26 Å². The number of hydrogen-bond acceptors (Lipinski definition) is 8. The van der Waals surface area contributed by atoms with Crippen molar-refractivity contribution in [2.75, 3.05) is 0 Å². The van der Waals surface area contributed by atoms with Gasteiger partial charge < -0.3 is 9.26 Å². The van der Waals surface area contributed by atoms with E-state index < -0.39 is 5.97 Å². The highest BCUT2D eigenvalue weighted by atomic mass is 32.2. The third-order valence-corrected chi connectivity index (χ3v) is 5.04. The van der Waals surface area contributed by atoms with Crippen molar-refractivity contribution in [3.63, 3.8) is 0 Å². The van der Waals surface area contributed by atoms with Crippen LogP contribution in [-0.2, 0) is 17.1 Å². The van der Waals surface area contributed by atoms with Crippen LogP contribution in [0, 0.1) is 6.92 Å². The average Bonchev–Trinajstić information content (AvgIpc) is 3.24. The Kier molecular flexibility index (Phi) is 4.70. The lowest BCUT2D eigenvalue weighted by molar-refractivity contribution is 0.0452. The van der Waals surface area contributed by atoms with Gasteiger partial charge in [0.25, 0.3) is 0 Å². The summed E-state index contributed by atoms with van der Waals surface area (Å²) in [4.78, 5) is 13.4. The van der Waals surface area contributed by atoms with Crippen molar-refractivity contribution in [3.8, 4) is 0 Å². The molecule has 1 saturated carbocycles. The van der Waals surface area contributed by atoms with Crippen LogP contribution in [-0.4, -0.2) is 31.3 Å². The standard InChI is InChI=1S/C17H17N5O3S/c1-11-8-13(25-19-11)10-26-15-5-3-2-4-14(15)17(23)24-9-16-18-20-21-22(16)12-6-7-12/h2-5,8,12H,6-7,9-10H2,1H3. The van der Waals surface area contributed by atoms with E-state index in [1.165, 1.54) is 11.8 Å². The van der Waals surface area contributed by atoms with Crippen molar-refractivity contribution in [1.29, 1.82) is 0 Å². The van der Waals surface area contributed by atoms with Crippen molar-refractivity contribution in [2.24, 2.45) is 0 Å². The molecule has 0 aliphatic heterocycles. The number of carbonyl (C=O) groups excluding carboxylic acids is 1. The molecule has 0 amide bonds. The normalized spacial score (nSPS) is 13.7. The lowest BCUT2D eigenvalue weighted by Gasteiger charge is -2.08. The number of benzene rings is 1. The number of thioether (sulfide) groups is 1. The average molecular weight is 371 g/mol. The maximum Gasteiger partial charge on any atom is 0.339 e. The van der Waals surface area contributed by atoms with Crippen LogP contribution < -0.4 is 0 Å². The van der Waals surface area contributed by atoms with E-state index in [9.17, 15) is 4.79 Å². The molecule has 8 nitrogen and oxygen atoms in total. The van der Waals surface area contributed by atoms with Gasteiger partial charge in [-0.1, -0.05) is 17.3 Å². The lowest BCUT2D eigenvalue weighted by atomic mass is 10.2. The molecule has 2 aromatic heterocycles. The molecule has 0 radical (unpaired) electrons. The second-order valence-corrected chi connectivity index (χ2v) is 7.08. The molecule has 0 spiro atoms. The van der Waals surface area contributed by atoms with Gasteiger partial charge in [0.15, 0.2) is 12.4 Å². The number of ether oxygens (including phenoxy) is 1. The van der Waals surface area contributed by atoms with Crippen LogP contribution in [0.1, 0.15) is 46.5 Å². The third kappa shape index (κ3) is 3.77. The number of aromatic nitrogens is 5. The van der Waals surface area contributed by atoms with E-state index in [-0.39, 0.29) is 6.61 Å². The number of rotatable bonds is 7. The van der Waals surface area contributed by atoms with E-state index in [1.807, 2.05) is 31.2 Å². The van der Waals surface area contributed by atoms with Gasteiger partial charge in [0.05, 0.1) is 23.1 Å². The van der Waals surface area contributed by atoms with Crippen molar-refractivity contribution < 1.29 is 14.1 Å². The summed E-state index contributed by atoms with van der Waals surface area (Å²) in [5.41, 5.74) is 1.35. The van der Waals surface area contributed by atoms with Crippen LogP contribution in [0.5, 0.6) is 0 Å². The first-order chi connectivity index (χ1) is 12.7. The van der Waals surface area contributed by atoms with Crippen molar-refractivity contribution in [2.45, 2.75) is 43.1 Å². The lowest BCUT2D eigenvalue weighted by Crippen LogP contribution is -2.11. The molecule has 0 saturated heterocycles. The molecule has 0 atom stereocenters. The topological polar surface area (TPSA) is 95.9 Å². The van der Waals surface area contributed by atoms with Gasteiger partial charge in [0.2, 0.25) is 0 Å². The molecule has 4 rings (SSSR count). The van der Waals surface area contributed by atoms with Gasteiger partial charge in [-0.3, -0.25) is 0 Å². The highest BCUT2D eigenvalue weighted by Gasteiger charge is 2.28. The molecule has 1 aromatic carbocycles. The van der Waals surface area contributed by atoms with E-state index in [0.717, 1.165) is 29.2 Å². The highest BCUT2D eigenvalue weighted by molar-refractivity contribution is 7.98. The Morgan fingerprint density at radius 1 is 1.38 bits per heavy atom. The predicted molar refractivity (Wildman–Crippen MR) is 92.5 cm³/mol. The summed E-state index contributed by atoms with van der Waals surface area (Å²) in [6.07, 6.45) is 2.12. The summed E-state index contributed by atoms with van der Waals surface area (Å²) in [6.45, 7) is 1.93. The molecule has 0 unspecified atom stereocenters. The van der Waals surface area contributed by atoms with Crippen molar-refractivity contribution >= 4 is 17.7 Å². The van der Waals surface area contributed by atoms with Gasteiger partial charge in [-0.15, -0.1) is 16.9 Å². The Hall–Kier alpha value is -2.68. The summed E-state index contributed by atoms with van der Waals surface area (Å²) in [5.74, 6) is 1.53. The maximum atomic E-state index is 12.5. The Morgan fingerprint density at radius 3 is 3.00 bits per heavy atom. The fraction of sp³-hybridized carbons (Fsp3) is 0.353. The smallest absolute Gasteiger partial charge is 0.339 e. The first-order valence-electron chi connectivity index (χ1n) is 8.28. The zero-order chi connectivity index (χ0) is 17.9. The molecule has 134 valence electrons. The first-order valence-corrected chi connectivity index (χ1v) is 9.27. The summed E-state index contributed by atoms with van der Waals surface area (Å²) in [6, 6.07) is 9.56. The first kappa shape index (κ1) is 16.8. The SMILES string of the molecule is Cc1cc(CSc2ccccc2C(=O)OCc2nnnn2C2CC2)on1. The summed E-state index contributed by atoms with van der Waals surface area (Å²) in [7, 11) is 0. The van der Waals surface area contributed by atoms with Gasteiger partial charge in [-0.05, 0) is 42.3 Å². The zero-order valence-electron chi connectivity index (χ0n) is 14.2. The molecule has 2 heterocycles. The number of tetrazole rings is 1. The maximum absolute atomic E-state index is 12.5. The zero-order valence-corrected chi connectivity index (χ0v) is 15.0. The largest absolute Gasteiger partial charge is 0.454 e. The van der Waals surface area contributed by atoms with Gasteiger partial charge >= 0.3 is 5.97 Å². The van der Waals surface area contributed by atoms with E-state index >= 15 is 0 Å². The molecular weight excluding hydrogens is 354 g/mol. The van der Waals surface area contributed by atoms with Gasteiger partial charge in [-0.2, -0.15) is 0 Å². The molecule has 0 N–H and O–H groups in total. The van der Waals surface area contributed by atoms with Crippen LogP contribution in [0.4, 0.5) is 0 Å². The number of nitrogens with zero attached hydrogens (tertiary/aromatic N) is 5.